The molecule has 3 heteroatoms. The number of esters is 1. The monoisotopic (exact) mass is 360 g/mol. The van der Waals surface area contributed by atoms with Crippen molar-refractivity contribution in [2.24, 2.45) is 0 Å². The van der Waals surface area contributed by atoms with Crippen molar-refractivity contribution in [3.8, 4) is 0 Å². The molecule has 0 amide bonds. The fourth-order valence-electron chi connectivity index (χ4n) is 2.92. The van der Waals surface area contributed by atoms with E-state index in [4.69, 9.17) is 16.3 Å². The molecule has 0 bridgehead atoms. The number of ether oxygens (including phenoxy) is 1. The van der Waals surface area contributed by atoms with Crippen LogP contribution in [0.4, 0.5) is 0 Å². The summed E-state index contributed by atoms with van der Waals surface area (Å²) >= 11 is 5.60. The Bertz CT molecular complexity index is 256. The number of hydrogen-bond acceptors (Lipinski definition) is 2. The molecule has 0 fully saturated rings. The van der Waals surface area contributed by atoms with Gasteiger partial charge >= 0.3 is 5.97 Å². The number of carbonyl (C=O) groups excluding carboxylic acids is 1. The first-order valence-electron chi connectivity index (χ1n) is 10.5. The summed E-state index contributed by atoms with van der Waals surface area (Å²) in [7, 11) is 0. The smallest absolute Gasteiger partial charge is 0.305 e. The van der Waals surface area contributed by atoms with E-state index in [1.165, 1.54) is 77.0 Å². The van der Waals surface area contributed by atoms with Crippen LogP contribution in [0.25, 0.3) is 0 Å². The van der Waals surface area contributed by atoms with Gasteiger partial charge in [-0.2, -0.15) is 0 Å². The van der Waals surface area contributed by atoms with E-state index in [-0.39, 0.29) is 5.97 Å². The molecule has 0 unspecified atom stereocenters. The number of unbranched alkanes of at least 4 members (excludes halogenated alkanes) is 14. The van der Waals surface area contributed by atoms with Crippen LogP contribution in [-0.4, -0.2) is 18.5 Å². The van der Waals surface area contributed by atoms with Crippen LogP contribution in [0.15, 0.2) is 0 Å². The van der Waals surface area contributed by atoms with E-state index in [0.29, 0.717) is 18.9 Å². The van der Waals surface area contributed by atoms with Gasteiger partial charge in [-0.25, -0.2) is 0 Å². The minimum atomic E-state index is -0.0241. The summed E-state index contributed by atoms with van der Waals surface area (Å²) < 4.78 is 5.21. The highest BCUT2D eigenvalue weighted by atomic mass is 35.5. The maximum atomic E-state index is 11.5. The molecular weight excluding hydrogens is 320 g/mol. The largest absolute Gasteiger partial charge is 0.466 e. The van der Waals surface area contributed by atoms with Crippen LogP contribution in [0.2, 0.25) is 0 Å². The summed E-state index contributed by atoms with van der Waals surface area (Å²) in [5, 5.41) is 0. The molecule has 144 valence electrons. The Kier molecular flexibility index (Phi) is 20.6. The molecule has 0 radical (unpaired) electrons. The Labute approximate surface area is 156 Å². The van der Waals surface area contributed by atoms with Crippen molar-refractivity contribution in [3.05, 3.63) is 0 Å². The summed E-state index contributed by atoms with van der Waals surface area (Å²) in [6.07, 6.45) is 20.9. The van der Waals surface area contributed by atoms with Gasteiger partial charge in [-0.1, -0.05) is 84.0 Å². The highest BCUT2D eigenvalue weighted by Gasteiger charge is 2.02. The third-order valence-electron chi connectivity index (χ3n) is 4.53. The number of halogens is 1. The van der Waals surface area contributed by atoms with E-state index in [1.54, 1.807) is 0 Å². The Hall–Kier alpha value is -0.240. The van der Waals surface area contributed by atoms with Gasteiger partial charge in [0.1, 0.15) is 0 Å². The normalized spacial score (nSPS) is 10.9. The molecular formula is C21H41ClO2. The van der Waals surface area contributed by atoms with Crippen LogP contribution < -0.4 is 0 Å². The maximum absolute atomic E-state index is 11.5. The van der Waals surface area contributed by atoms with Gasteiger partial charge in [0, 0.05) is 12.3 Å². The highest BCUT2D eigenvalue weighted by molar-refractivity contribution is 6.17. The molecule has 0 aliphatic carbocycles. The third-order valence-corrected chi connectivity index (χ3v) is 4.79. The maximum Gasteiger partial charge on any atom is 0.305 e. The second-order valence-corrected chi connectivity index (χ2v) is 7.34. The fraction of sp³-hybridized carbons (Fsp3) is 0.952. The van der Waals surface area contributed by atoms with Crippen LogP contribution in [0.1, 0.15) is 116 Å². The second kappa shape index (κ2) is 20.8. The molecule has 0 rings (SSSR count). The van der Waals surface area contributed by atoms with Gasteiger partial charge in [-0.05, 0) is 25.7 Å². The van der Waals surface area contributed by atoms with E-state index in [1.807, 2.05) is 0 Å². The van der Waals surface area contributed by atoms with Crippen LogP contribution in [0.3, 0.4) is 0 Å². The first-order chi connectivity index (χ1) is 11.8. The Morgan fingerprint density at radius 1 is 0.667 bits per heavy atom. The van der Waals surface area contributed by atoms with Gasteiger partial charge in [-0.15, -0.1) is 11.6 Å². The average Bonchev–Trinajstić information content (AvgIpc) is 2.59. The zero-order valence-corrected chi connectivity index (χ0v) is 16.9. The van der Waals surface area contributed by atoms with Gasteiger partial charge in [0.2, 0.25) is 0 Å². The fourth-order valence-corrected chi connectivity index (χ4v) is 3.11. The summed E-state index contributed by atoms with van der Waals surface area (Å²) in [5.74, 6) is 0.677. The zero-order valence-electron chi connectivity index (χ0n) is 16.1. The standard InChI is InChI=1S/C21H41ClO2/c1-2-3-4-5-6-7-8-9-10-11-12-13-15-18-21(23)24-20-17-14-16-19-22/h2-20H2,1H3. The summed E-state index contributed by atoms with van der Waals surface area (Å²) in [6.45, 7) is 2.84. The molecule has 0 aromatic rings. The van der Waals surface area contributed by atoms with Crippen molar-refractivity contribution in [2.75, 3.05) is 12.5 Å². The second-order valence-electron chi connectivity index (χ2n) is 6.96. The van der Waals surface area contributed by atoms with E-state index in [2.05, 4.69) is 6.92 Å². The van der Waals surface area contributed by atoms with Gasteiger partial charge < -0.3 is 4.74 Å². The van der Waals surface area contributed by atoms with E-state index in [0.717, 1.165) is 25.7 Å². The van der Waals surface area contributed by atoms with Gasteiger partial charge in [-0.3, -0.25) is 4.79 Å². The lowest BCUT2D eigenvalue weighted by molar-refractivity contribution is -0.143. The van der Waals surface area contributed by atoms with Crippen LogP contribution in [-0.2, 0) is 9.53 Å². The molecule has 0 aromatic carbocycles. The number of rotatable bonds is 19. The van der Waals surface area contributed by atoms with Crippen LogP contribution in [0, 0.1) is 0 Å². The predicted molar refractivity (Wildman–Crippen MR) is 106 cm³/mol. The molecule has 2 nitrogen and oxygen atoms in total. The molecule has 0 atom stereocenters. The lowest BCUT2D eigenvalue weighted by Crippen LogP contribution is -2.05. The Morgan fingerprint density at radius 2 is 1.12 bits per heavy atom. The van der Waals surface area contributed by atoms with E-state index < -0.39 is 0 Å². The van der Waals surface area contributed by atoms with Gasteiger partial charge in [0.05, 0.1) is 6.61 Å². The molecule has 0 aliphatic heterocycles. The van der Waals surface area contributed by atoms with Crippen molar-refractivity contribution >= 4 is 17.6 Å². The molecule has 24 heavy (non-hydrogen) atoms. The van der Waals surface area contributed by atoms with Crippen molar-refractivity contribution in [1.82, 2.24) is 0 Å². The highest BCUT2D eigenvalue weighted by Crippen LogP contribution is 2.13. The molecule has 0 saturated heterocycles. The minimum Gasteiger partial charge on any atom is -0.466 e. The molecule has 0 aromatic heterocycles. The van der Waals surface area contributed by atoms with Crippen LogP contribution >= 0.6 is 11.6 Å². The van der Waals surface area contributed by atoms with Crippen molar-refractivity contribution in [2.45, 2.75) is 116 Å². The number of alkyl halides is 1. The third kappa shape index (κ3) is 19.8. The average molecular weight is 361 g/mol. The molecule has 0 spiro atoms. The Balaban J connectivity index is 3.10. The predicted octanol–water partition coefficient (Wildman–Crippen LogP) is 7.42. The van der Waals surface area contributed by atoms with Gasteiger partial charge in [0.15, 0.2) is 0 Å². The summed E-state index contributed by atoms with van der Waals surface area (Å²) in [5.41, 5.74) is 0. The van der Waals surface area contributed by atoms with Crippen LogP contribution in [0.5, 0.6) is 0 Å². The molecule has 0 N–H and O–H groups in total. The Morgan fingerprint density at radius 3 is 1.62 bits per heavy atom. The van der Waals surface area contributed by atoms with Crippen molar-refractivity contribution in [3.63, 3.8) is 0 Å². The summed E-state index contributed by atoms with van der Waals surface area (Å²) in [4.78, 5) is 11.5. The van der Waals surface area contributed by atoms with E-state index >= 15 is 0 Å². The van der Waals surface area contributed by atoms with Crippen molar-refractivity contribution in [1.29, 1.82) is 0 Å². The van der Waals surface area contributed by atoms with E-state index in [9.17, 15) is 4.79 Å². The minimum absolute atomic E-state index is 0.0241. The quantitative estimate of drug-likeness (QED) is 0.136. The first kappa shape index (κ1) is 23.8. The topological polar surface area (TPSA) is 26.3 Å². The SMILES string of the molecule is CCCCCCCCCCCCCCCC(=O)OCCCCCCl. The lowest BCUT2D eigenvalue weighted by Gasteiger charge is -2.05. The lowest BCUT2D eigenvalue weighted by atomic mass is 10.0. The number of carbonyl (C=O) groups is 1. The number of hydrogen-bond donors (Lipinski definition) is 0. The molecule has 0 aliphatic rings. The molecule has 0 saturated carbocycles. The van der Waals surface area contributed by atoms with Crippen molar-refractivity contribution < 1.29 is 9.53 Å². The summed E-state index contributed by atoms with van der Waals surface area (Å²) in [6, 6.07) is 0. The molecule has 0 heterocycles. The van der Waals surface area contributed by atoms with Gasteiger partial charge in [0.25, 0.3) is 0 Å². The zero-order chi connectivity index (χ0) is 17.7. The first-order valence-corrected chi connectivity index (χ1v) is 11.1.